The number of amides is 2. The summed E-state index contributed by atoms with van der Waals surface area (Å²) in [4.78, 5) is 25.7. The Morgan fingerprint density at radius 3 is 2.73 bits per heavy atom. The summed E-state index contributed by atoms with van der Waals surface area (Å²) in [7, 11) is 0. The number of anilines is 1. The Kier molecular flexibility index (Phi) is 5.31. The maximum atomic E-state index is 12.2. The molecule has 2 heterocycles. The molecule has 2 fully saturated rings. The van der Waals surface area contributed by atoms with Crippen LogP contribution in [-0.2, 0) is 4.79 Å². The molecule has 1 atom stereocenters. The minimum atomic E-state index is -0.0320. The molecule has 1 aromatic carbocycles. The Balaban J connectivity index is 1.55. The highest BCUT2D eigenvalue weighted by Gasteiger charge is 2.22. The Hall–Kier alpha value is -1.14. The fourth-order valence-electron chi connectivity index (χ4n) is 2.68. The van der Waals surface area contributed by atoms with E-state index in [1.807, 2.05) is 35.7 Å². The minimum Gasteiger partial charge on any atom is -0.351 e. The summed E-state index contributed by atoms with van der Waals surface area (Å²) in [5, 5.41) is 3.53. The molecule has 118 valence electrons. The first-order valence-corrected chi connectivity index (χ1v) is 9.82. The van der Waals surface area contributed by atoms with E-state index in [1.165, 1.54) is 11.5 Å². The predicted octanol–water partition coefficient (Wildman–Crippen LogP) is 2.39. The molecule has 0 unspecified atom stereocenters. The summed E-state index contributed by atoms with van der Waals surface area (Å²) in [6, 6.07) is 7.34. The quantitative estimate of drug-likeness (QED) is 0.917. The summed E-state index contributed by atoms with van der Waals surface area (Å²) in [6.07, 6.45) is 1.54. The highest BCUT2D eigenvalue weighted by Crippen LogP contribution is 2.24. The van der Waals surface area contributed by atoms with Crippen molar-refractivity contribution in [2.24, 2.45) is 0 Å². The summed E-state index contributed by atoms with van der Waals surface area (Å²) < 4.78 is 0. The first-order valence-electron chi connectivity index (χ1n) is 7.62. The van der Waals surface area contributed by atoms with E-state index >= 15 is 0 Å². The van der Waals surface area contributed by atoms with Gasteiger partial charge in [-0.3, -0.25) is 9.59 Å². The predicted molar refractivity (Wildman–Crippen MR) is 93.9 cm³/mol. The Morgan fingerprint density at radius 2 is 2.09 bits per heavy atom. The van der Waals surface area contributed by atoms with E-state index in [1.54, 1.807) is 17.0 Å². The second-order valence-electron chi connectivity index (χ2n) is 5.47. The molecule has 0 aromatic heterocycles. The van der Waals surface area contributed by atoms with Gasteiger partial charge in [-0.05, 0) is 30.7 Å². The number of carbonyl (C=O) groups excluding carboxylic acids is 2. The molecule has 2 amide bonds. The number of rotatable bonds is 4. The van der Waals surface area contributed by atoms with Gasteiger partial charge in [0.05, 0.1) is 0 Å². The number of hydrogen-bond donors (Lipinski definition) is 1. The first-order chi connectivity index (χ1) is 10.7. The van der Waals surface area contributed by atoms with Gasteiger partial charge in [0.2, 0.25) is 5.91 Å². The zero-order valence-corrected chi connectivity index (χ0v) is 14.0. The minimum absolute atomic E-state index is 0.0320. The summed E-state index contributed by atoms with van der Waals surface area (Å²) in [5.41, 5.74) is 1.54. The molecular formula is C16H20N2O2S2. The van der Waals surface area contributed by atoms with Crippen LogP contribution >= 0.6 is 23.5 Å². The molecule has 0 bridgehead atoms. The van der Waals surface area contributed by atoms with E-state index in [0.717, 1.165) is 31.0 Å². The van der Waals surface area contributed by atoms with Gasteiger partial charge >= 0.3 is 0 Å². The fourth-order valence-corrected chi connectivity index (χ4v) is 5.29. The maximum Gasteiger partial charge on any atom is 0.251 e. The summed E-state index contributed by atoms with van der Waals surface area (Å²) in [6.45, 7) is 1.50. The highest BCUT2D eigenvalue weighted by atomic mass is 32.2. The highest BCUT2D eigenvalue weighted by molar-refractivity contribution is 8.06. The van der Waals surface area contributed by atoms with Gasteiger partial charge in [-0.1, -0.05) is 0 Å². The van der Waals surface area contributed by atoms with Gasteiger partial charge < -0.3 is 10.2 Å². The molecule has 2 aliphatic rings. The second kappa shape index (κ2) is 7.42. The van der Waals surface area contributed by atoms with Crippen LogP contribution in [0.5, 0.6) is 0 Å². The summed E-state index contributed by atoms with van der Waals surface area (Å²) >= 11 is 3.90. The third-order valence-corrected chi connectivity index (χ3v) is 6.73. The van der Waals surface area contributed by atoms with Crippen LogP contribution in [0.1, 0.15) is 23.2 Å². The van der Waals surface area contributed by atoms with Crippen LogP contribution in [0.2, 0.25) is 0 Å². The molecular weight excluding hydrogens is 316 g/mol. The van der Waals surface area contributed by atoms with Crippen molar-refractivity contribution in [1.82, 2.24) is 5.32 Å². The van der Waals surface area contributed by atoms with Crippen molar-refractivity contribution in [2.75, 3.05) is 35.2 Å². The molecule has 3 rings (SSSR count). The number of carbonyl (C=O) groups is 2. The number of nitrogens with zero attached hydrogens (tertiary/aromatic N) is 1. The summed E-state index contributed by atoms with van der Waals surface area (Å²) in [5.74, 6) is 3.63. The van der Waals surface area contributed by atoms with Crippen LogP contribution in [0.3, 0.4) is 0 Å². The lowest BCUT2D eigenvalue weighted by Gasteiger charge is -2.21. The van der Waals surface area contributed by atoms with Crippen molar-refractivity contribution in [3.05, 3.63) is 29.8 Å². The van der Waals surface area contributed by atoms with Crippen LogP contribution in [-0.4, -0.2) is 47.4 Å². The van der Waals surface area contributed by atoms with Crippen LogP contribution in [0.15, 0.2) is 24.3 Å². The molecule has 1 N–H and O–H groups in total. The molecule has 6 heteroatoms. The molecule has 2 aliphatic heterocycles. The van der Waals surface area contributed by atoms with Crippen molar-refractivity contribution >= 4 is 41.0 Å². The van der Waals surface area contributed by atoms with Gasteiger partial charge in [-0.15, -0.1) is 0 Å². The lowest BCUT2D eigenvalue weighted by molar-refractivity contribution is -0.117. The third kappa shape index (κ3) is 3.79. The number of benzene rings is 1. The lowest BCUT2D eigenvalue weighted by atomic mass is 10.2. The van der Waals surface area contributed by atoms with Crippen LogP contribution in [0.25, 0.3) is 0 Å². The average molecular weight is 336 g/mol. The smallest absolute Gasteiger partial charge is 0.251 e. The van der Waals surface area contributed by atoms with Crippen molar-refractivity contribution in [2.45, 2.75) is 18.1 Å². The zero-order valence-electron chi connectivity index (χ0n) is 12.4. The van der Waals surface area contributed by atoms with Crippen LogP contribution in [0, 0.1) is 0 Å². The van der Waals surface area contributed by atoms with Crippen molar-refractivity contribution < 1.29 is 9.59 Å². The Bertz CT molecular complexity index is 542. The van der Waals surface area contributed by atoms with Gasteiger partial charge in [0, 0.05) is 53.3 Å². The van der Waals surface area contributed by atoms with E-state index < -0.39 is 0 Å². The van der Waals surface area contributed by atoms with E-state index in [-0.39, 0.29) is 11.8 Å². The van der Waals surface area contributed by atoms with E-state index in [4.69, 9.17) is 0 Å². The third-order valence-electron chi connectivity index (χ3n) is 3.89. The Morgan fingerprint density at radius 1 is 1.27 bits per heavy atom. The van der Waals surface area contributed by atoms with Crippen molar-refractivity contribution in [3.63, 3.8) is 0 Å². The van der Waals surface area contributed by atoms with Gasteiger partial charge in [0.1, 0.15) is 0 Å². The van der Waals surface area contributed by atoms with Crippen LogP contribution < -0.4 is 10.2 Å². The van der Waals surface area contributed by atoms with Gasteiger partial charge in [-0.2, -0.15) is 23.5 Å². The molecule has 0 aliphatic carbocycles. The average Bonchev–Trinajstić information content (AvgIpc) is 3.00. The fraction of sp³-hybridized carbons (Fsp3) is 0.500. The van der Waals surface area contributed by atoms with Crippen molar-refractivity contribution in [3.8, 4) is 0 Å². The molecule has 0 spiro atoms. The molecule has 22 heavy (non-hydrogen) atoms. The standard InChI is InChI=1S/C16H20N2O2S2/c19-15-2-1-7-18(15)13-5-3-12(4-6-13)16(20)17-10-14-11-21-8-9-22-14/h3-6,14H,1-2,7-11H2,(H,17,20)/t14-/m0/s1. The SMILES string of the molecule is O=C(NC[C@H]1CSCCS1)c1ccc(N2CCCC2=O)cc1. The topological polar surface area (TPSA) is 49.4 Å². The molecule has 0 saturated carbocycles. The largest absolute Gasteiger partial charge is 0.351 e. The number of hydrogen-bond acceptors (Lipinski definition) is 4. The van der Waals surface area contributed by atoms with Gasteiger partial charge in [0.25, 0.3) is 5.91 Å². The lowest BCUT2D eigenvalue weighted by Crippen LogP contribution is -2.33. The van der Waals surface area contributed by atoms with Gasteiger partial charge in [0.15, 0.2) is 0 Å². The van der Waals surface area contributed by atoms with E-state index in [0.29, 0.717) is 17.2 Å². The number of thioether (sulfide) groups is 2. The van der Waals surface area contributed by atoms with E-state index in [9.17, 15) is 9.59 Å². The number of nitrogens with one attached hydrogen (secondary N) is 1. The zero-order chi connectivity index (χ0) is 15.4. The van der Waals surface area contributed by atoms with Crippen molar-refractivity contribution in [1.29, 1.82) is 0 Å². The van der Waals surface area contributed by atoms with E-state index in [2.05, 4.69) is 5.32 Å². The maximum absolute atomic E-state index is 12.2. The first kappa shape index (κ1) is 15.7. The van der Waals surface area contributed by atoms with Gasteiger partial charge in [-0.25, -0.2) is 0 Å². The monoisotopic (exact) mass is 336 g/mol. The Labute approximate surface area is 139 Å². The molecule has 1 aromatic rings. The normalized spacial score (nSPS) is 21.9. The molecule has 4 nitrogen and oxygen atoms in total. The molecule has 2 saturated heterocycles. The second-order valence-corrected chi connectivity index (χ2v) is 8.03. The van der Waals surface area contributed by atoms with Crippen LogP contribution in [0.4, 0.5) is 5.69 Å². The molecule has 0 radical (unpaired) electrons.